The van der Waals surface area contributed by atoms with Crippen LogP contribution >= 0.6 is 0 Å². The zero-order valence-corrected chi connectivity index (χ0v) is 19.9. The highest BCUT2D eigenvalue weighted by molar-refractivity contribution is 7.90. The summed E-state index contributed by atoms with van der Waals surface area (Å²) in [6.07, 6.45) is 0.652. The van der Waals surface area contributed by atoms with Gasteiger partial charge in [0.15, 0.2) is 11.6 Å². The summed E-state index contributed by atoms with van der Waals surface area (Å²) in [5.74, 6) is -1.57. The van der Waals surface area contributed by atoms with Crippen LogP contribution in [0, 0.1) is 17.6 Å². The van der Waals surface area contributed by atoms with Crippen LogP contribution in [0.15, 0.2) is 30.3 Å². The van der Waals surface area contributed by atoms with E-state index in [4.69, 9.17) is 0 Å². The van der Waals surface area contributed by atoms with Gasteiger partial charge >= 0.3 is 10.2 Å². The zero-order chi connectivity index (χ0) is 24.5. The van der Waals surface area contributed by atoms with Gasteiger partial charge in [0, 0.05) is 39.7 Å². The van der Waals surface area contributed by atoms with Crippen LogP contribution in [-0.2, 0) is 30.2 Å². The van der Waals surface area contributed by atoms with Gasteiger partial charge in [0.2, 0.25) is 0 Å². The Balaban J connectivity index is 2.05. The molecule has 1 heterocycles. The lowest BCUT2D eigenvalue weighted by Gasteiger charge is -2.15. The van der Waals surface area contributed by atoms with Gasteiger partial charge in [0.1, 0.15) is 5.82 Å². The summed E-state index contributed by atoms with van der Waals surface area (Å²) in [5, 5.41) is 2.59. The smallest absolute Gasteiger partial charge is 0.301 e. The Morgan fingerprint density at radius 2 is 1.91 bits per heavy atom. The number of carbonyl (C=O) groups is 1. The van der Waals surface area contributed by atoms with E-state index >= 15 is 0 Å². The van der Waals surface area contributed by atoms with E-state index in [2.05, 4.69) is 15.0 Å². The Bertz CT molecular complexity index is 1300. The van der Waals surface area contributed by atoms with Crippen LogP contribution in [0.3, 0.4) is 0 Å². The van der Waals surface area contributed by atoms with Gasteiger partial charge in [-0.05, 0) is 24.1 Å². The number of hydrogen-bond acceptors (Lipinski definition) is 4. The molecule has 0 unspecified atom stereocenters. The lowest BCUT2D eigenvalue weighted by Crippen LogP contribution is -2.29. The number of fused-ring (bicyclic) bond motifs is 1. The number of imidazole rings is 1. The number of amides is 1. The standard InChI is InChI=1S/C22H27F2N5O3S/c1-13(2)9-19-26-18-11-15(27-33(31,32)28(3)4)10-16(21(18)29(19)5)22(30)25-12-14-7-6-8-17(23)20(14)24/h6-8,10-11,13,27H,9,12H2,1-5H3,(H,25,30). The average Bonchev–Trinajstić information content (AvgIpc) is 3.02. The molecule has 0 radical (unpaired) electrons. The summed E-state index contributed by atoms with van der Waals surface area (Å²) in [6, 6.07) is 6.69. The van der Waals surface area contributed by atoms with Gasteiger partial charge in [0.05, 0.1) is 22.3 Å². The molecule has 0 bridgehead atoms. The largest absolute Gasteiger partial charge is 0.348 e. The second-order valence-electron chi connectivity index (χ2n) is 8.36. The summed E-state index contributed by atoms with van der Waals surface area (Å²) in [5.41, 5.74) is 1.26. The summed E-state index contributed by atoms with van der Waals surface area (Å²) in [7, 11) is 0.710. The number of benzene rings is 2. The van der Waals surface area contributed by atoms with E-state index in [1.807, 2.05) is 13.8 Å². The molecule has 0 saturated carbocycles. The Hall–Kier alpha value is -3.05. The number of rotatable bonds is 8. The van der Waals surface area contributed by atoms with E-state index in [9.17, 15) is 22.0 Å². The highest BCUT2D eigenvalue weighted by Crippen LogP contribution is 2.27. The number of anilines is 1. The number of hydrogen-bond donors (Lipinski definition) is 2. The molecule has 0 atom stereocenters. The van der Waals surface area contributed by atoms with E-state index in [1.54, 1.807) is 17.7 Å². The molecule has 0 aliphatic rings. The van der Waals surface area contributed by atoms with Crippen LogP contribution in [-0.4, -0.2) is 42.3 Å². The van der Waals surface area contributed by atoms with Crippen LogP contribution < -0.4 is 10.0 Å². The third kappa shape index (κ3) is 5.31. The molecule has 8 nitrogen and oxygen atoms in total. The van der Waals surface area contributed by atoms with Gasteiger partial charge in [-0.25, -0.2) is 13.8 Å². The Kier molecular flexibility index (Phi) is 7.03. The third-order valence-electron chi connectivity index (χ3n) is 5.10. The molecule has 178 valence electrons. The molecule has 0 aliphatic heterocycles. The third-order valence-corrected chi connectivity index (χ3v) is 6.55. The second kappa shape index (κ2) is 9.44. The highest BCUT2D eigenvalue weighted by Gasteiger charge is 2.21. The Labute approximate surface area is 191 Å². The number of carbonyl (C=O) groups excluding carboxylic acids is 1. The Morgan fingerprint density at radius 1 is 1.21 bits per heavy atom. The molecule has 0 spiro atoms. The van der Waals surface area contributed by atoms with Gasteiger partial charge in [-0.3, -0.25) is 9.52 Å². The first kappa shape index (κ1) is 24.6. The van der Waals surface area contributed by atoms with Gasteiger partial charge in [-0.1, -0.05) is 26.0 Å². The van der Waals surface area contributed by atoms with E-state index in [0.29, 0.717) is 23.4 Å². The molecular weight excluding hydrogens is 452 g/mol. The molecule has 2 aromatic carbocycles. The summed E-state index contributed by atoms with van der Waals surface area (Å²) in [4.78, 5) is 17.7. The molecule has 3 aromatic rings. The van der Waals surface area contributed by atoms with E-state index < -0.39 is 27.8 Å². The van der Waals surface area contributed by atoms with Crippen LogP contribution in [0.25, 0.3) is 11.0 Å². The van der Waals surface area contributed by atoms with Crippen molar-refractivity contribution in [3.05, 3.63) is 58.9 Å². The Morgan fingerprint density at radius 3 is 2.55 bits per heavy atom. The van der Waals surface area contributed by atoms with Crippen LogP contribution in [0.1, 0.15) is 35.6 Å². The van der Waals surface area contributed by atoms with Gasteiger partial charge in [-0.15, -0.1) is 0 Å². The molecule has 1 aromatic heterocycles. The first-order chi connectivity index (χ1) is 15.4. The van der Waals surface area contributed by atoms with E-state index in [1.165, 1.54) is 32.3 Å². The summed E-state index contributed by atoms with van der Waals surface area (Å²) in [6.45, 7) is 3.84. The maximum absolute atomic E-state index is 14.0. The lowest BCUT2D eigenvalue weighted by atomic mass is 10.1. The predicted molar refractivity (Wildman–Crippen MR) is 123 cm³/mol. The van der Waals surface area contributed by atoms with Crippen molar-refractivity contribution in [1.29, 1.82) is 0 Å². The molecule has 0 aliphatic carbocycles. The molecule has 3 rings (SSSR count). The van der Waals surface area contributed by atoms with Crippen molar-refractivity contribution in [2.24, 2.45) is 13.0 Å². The monoisotopic (exact) mass is 479 g/mol. The maximum atomic E-state index is 14.0. The molecule has 11 heteroatoms. The minimum absolute atomic E-state index is 0.00504. The SMILES string of the molecule is CC(C)Cc1nc2cc(NS(=O)(=O)N(C)C)cc(C(=O)NCc3cccc(F)c3F)c2n1C. The van der Waals surface area contributed by atoms with Gasteiger partial charge in [0.25, 0.3) is 5.91 Å². The zero-order valence-electron chi connectivity index (χ0n) is 19.1. The van der Waals surface area contributed by atoms with Crippen molar-refractivity contribution in [2.45, 2.75) is 26.8 Å². The first-order valence-corrected chi connectivity index (χ1v) is 11.8. The number of nitrogens with zero attached hydrogens (tertiary/aromatic N) is 3. The van der Waals surface area contributed by atoms with Crippen molar-refractivity contribution in [3.63, 3.8) is 0 Å². The summed E-state index contributed by atoms with van der Waals surface area (Å²) >= 11 is 0. The van der Waals surface area contributed by atoms with Crippen LogP contribution in [0.5, 0.6) is 0 Å². The lowest BCUT2D eigenvalue weighted by molar-refractivity contribution is 0.0951. The minimum Gasteiger partial charge on any atom is -0.348 e. The number of nitrogens with one attached hydrogen (secondary N) is 2. The first-order valence-electron chi connectivity index (χ1n) is 10.3. The van der Waals surface area contributed by atoms with Crippen LogP contribution in [0.2, 0.25) is 0 Å². The molecule has 2 N–H and O–H groups in total. The van der Waals surface area contributed by atoms with Crippen LogP contribution in [0.4, 0.5) is 14.5 Å². The van der Waals surface area contributed by atoms with Crippen molar-refractivity contribution in [1.82, 2.24) is 19.2 Å². The maximum Gasteiger partial charge on any atom is 0.301 e. The number of aromatic nitrogens is 2. The second-order valence-corrected chi connectivity index (χ2v) is 10.2. The predicted octanol–water partition coefficient (Wildman–Crippen LogP) is 3.20. The quantitative estimate of drug-likeness (QED) is 0.519. The minimum atomic E-state index is -3.82. The van der Waals surface area contributed by atoms with Gasteiger partial charge in [-0.2, -0.15) is 12.7 Å². The molecular formula is C22H27F2N5O3S. The van der Waals surface area contributed by atoms with Crippen molar-refractivity contribution in [3.8, 4) is 0 Å². The average molecular weight is 480 g/mol. The van der Waals surface area contributed by atoms with Crippen molar-refractivity contribution in [2.75, 3.05) is 18.8 Å². The molecule has 33 heavy (non-hydrogen) atoms. The number of aryl methyl sites for hydroxylation is 1. The van der Waals surface area contributed by atoms with Crippen molar-refractivity contribution >= 4 is 32.8 Å². The molecule has 0 saturated heterocycles. The number of halogens is 2. The van der Waals surface area contributed by atoms with Crippen molar-refractivity contribution < 1.29 is 22.0 Å². The van der Waals surface area contributed by atoms with E-state index in [0.717, 1.165) is 16.2 Å². The fraction of sp³-hybridized carbons (Fsp3) is 0.364. The normalized spacial score (nSPS) is 12.0. The van der Waals surface area contributed by atoms with E-state index in [-0.39, 0.29) is 23.4 Å². The molecule has 1 amide bonds. The highest BCUT2D eigenvalue weighted by atomic mass is 32.2. The summed E-state index contributed by atoms with van der Waals surface area (Å²) < 4.78 is 57.4. The fourth-order valence-electron chi connectivity index (χ4n) is 3.38. The topological polar surface area (TPSA) is 96.3 Å². The molecule has 0 fully saturated rings. The fourth-order valence-corrected chi connectivity index (χ4v) is 3.97. The van der Waals surface area contributed by atoms with Gasteiger partial charge < -0.3 is 9.88 Å².